The maximum atomic E-state index is 6.23. The first kappa shape index (κ1) is 12.0. The van der Waals surface area contributed by atoms with Crippen LogP contribution in [0.25, 0.3) is 11.5 Å². The largest absolute Gasteiger partial charge is 0.328 e. The Labute approximate surface area is 115 Å². The van der Waals surface area contributed by atoms with E-state index >= 15 is 0 Å². The van der Waals surface area contributed by atoms with Crippen LogP contribution in [-0.2, 0) is 18.1 Å². The van der Waals surface area contributed by atoms with E-state index in [4.69, 9.17) is 11.6 Å². The highest BCUT2D eigenvalue weighted by Crippen LogP contribution is 2.33. The highest BCUT2D eigenvalue weighted by molar-refractivity contribution is 7.98. The summed E-state index contributed by atoms with van der Waals surface area (Å²) in [6.45, 7) is 3.05. The highest BCUT2D eigenvalue weighted by atomic mass is 35.5. The Morgan fingerprint density at radius 1 is 1.39 bits per heavy atom. The van der Waals surface area contributed by atoms with Crippen molar-refractivity contribution < 1.29 is 0 Å². The van der Waals surface area contributed by atoms with Gasteiger partial charge in [-0.3, -0.25) is 0 Å². The van der Waals surface area contributed by atoms with Crippen molar-refractivity contribution >= 4 is 23.4 Å². The normalized spacial score (nSPS) is 13.9. The molecule has 0 radical (unpaired) electrons. The summed E-state index contributed by atoms with van der Waals surface area (Å²) in [5.41, 5.74) is 3.10. The molecule has 3 heterocycles. The number of rotatable bonds is 3. The molecule has 0 spiro atoms. The van der Waals surface area contributed by atoms with Gasteiger partial charge in [-0.1, -0.05) is 18.5 Å². The summed E-state index contributed by atoms with van der Waals surface area (Å²) in [5.74, 6) is 2.53. The number of aromatic nitrogens is 4. The molecule has 2 aromatic rings. The van der Waals surface area contributed by atoms with Crippen molar-refractivity contribution in [3.63, 3.8) is 0 Å². The van der Waals surface area contributed by atoms with Crippen molar-refractivity contribution in [3.05, 3.63) is 28.9 Å². The van der Waals surface area contributed by atoms with E-state index in [0.717, 1.165) is 41.4 Å². The molecule has 4 nitrogen and oxygen atoms in total. The lowest BCUT2D eigenvalue weighted by Gasteiger charge is -2.07. The maximum absolute atomic E-state index is 6.23. The molecule has 0 N–H and O–H groups in total. The average molecular weight is 281 g/mol. The van der Waals surface area contributed by atoms with Crippen LogP contribution in [0.3, 0.4) is 0 Å². The van der Waals surface area contributed by atoms with Crippen LogP contribution in [0.1, 0.15) is 24.6 Å². The Kier molecular flexibility index (Phi) is 3.26. The summed E-state index contributed by atoms with van der Waals surface area (Å²) in [4.78, 5) is 13.2. The van der Waals surface area contributed by atoms with Crippen LogP contribution in [0, 0.1) is 0 Å². The summed E-state index contributed by atoms with van der Waals surface area (Å²) >= 11 is 8.06. The lowest BCUT2D eigenvalue weighted by Crippen LogP contribution is -2.03. The number of fused-ring (bicyclic) bond motifs is 1. The van der Waals surface area contributed by atoms with E-state index in [1.165, 1.54) is 0 Å². The fourth-order valence-corrected chi connectivity index (χ4v) is 3.43. The van der Waals surface area contributed by atoms with E-state index in [0.29, 0.717) is 11.0 Å². The van der Waals surface area contributed by atoms with Crippen molar-refractivity contribution in [1.82, 2.24) is 19.5 Å². The second-order valence-electron chi connectivity index (χ2n) is 4.23. The van der Waals surface area contributed by atoms with E-state index in [1.54, 1.807) is 6.20 Å². The first-order valence-corrected chi connectivity index (χ1v) is 7.46. The zero-order chi connectivity index (χ0) is 12.5. The fourth-order valence-electron chi connectivity index (χ4n) is 2.05. The summed E-state index contributed by atoms with van der Waals surface area (Å²) in [7, 11) is 0. The lowest BCUT2D eigenvalue weighted by molar-refractivity contribution is 0.681. The molecular weight excluding hydrogens is 268 g/mol. The molecule has 0 saturated heterocycles. The van der Waals surface area contributed by atoms with Crippen molar-refractivity contribution in [3.8, 4) is 11.5 Å². The Morgan fingerprint density at radius 2 is 2.28 bits per heavy atom. The first-order chi connectivity index (χ1) is 8.79. The summed E-state index contributed by atoms with van der Waals surface area (Å²) in [5, 5.41) is 0.587. The first-order valence-electron chi connectivity index (χ1n) is 5.93. The SMILES string of the molecule is CCCn1cncc1-c1nc(Cl)c2c(n1)CSC2. The molecule has 2 aromatic heterocycles. The van der Waals surface area contributed by atoms with E-state index in [2.05, 4.69) is 26.4 Å². The topological polar surface area (TPSA) is 43.6 Å². The minimum atomic E-state index is 0.587. The van der Waals surface area contributed by atoms with Gasteiger partial charge in [0.25, 0.3) is 0 Å². The van der Waals surface area contributed by atoms with Gasteiger partial charge in [0.05, 0.1) is 18.2 Å². The second kappa shape index (κ2) is 4.90. The van der Waals surface area contributed by atoms with Gasteiger partial charge in [0.15, 0.2) is 5.82 Å². The number of nitrogens with zero attached hydrogens (tertiary/aromatic N) is 4. The molecule has 0 saturated carbocycles. The van der Waals surface area contributed by atoms with Crippen molar-refractivity contribution in [2.45, 2.75) is 31.4 Å². The van der Waals surface area contributed by atoms with Crippen LogP contribution in [0.2, 0.25) is 5.15 Å². The molecule has 0 atom stereocenters. The predicted molar refractivity (Wildman–Crippen MR) is 73.6 cm³/mol. The third-order valence-electron chi connectivity index (χ3n) is 2.93. The van der Waals surface area contributed by atoms with Gasteiger partial charge in [-0.25, -0.2) is 15.0 Å². The molecular formula is C12H13ClN4S. The highest BCUT2D eigenvalue weighted by Gasteiger charge is 2.20. The van der Waals surface area contributed by atoms with E-state index in [-0.39, 0.29) is 0 Å². The Morgan fingerprint density at radius 3 is 3.11 bits per heavy atom. The summed E-state index contributed by atoms with van der Waals surface area (Å²) in [6.07, 6.45) is 4.67. The molecule has 0 bridgehead atoms. The van der Waals surface area contributed by atoms with Crippen LogP contribution >= 0.6 is 23.4 Å². The van der Waals surface area contributed by atoms with Crippen molar-refractivity contribution in [1.29, 1.82) is 0 Å². The molecule has 0 aromatic carbocycles. The average Bonchev–Trinajstić information content (AvgIpc) is 2.97. The van der Waals surface area contributed by atoms with Crippen LogP contribution in [-0.4, -0.2) is 19.5 Å². The number of thioether (sulfide) groups is 1. The zero-order valence-corrected chi connectivity index (χ0v) is 11.6. The maximum Gasteiger partial charge on any atom is 0.179 e. The Bertz CT molecular complexity index is 581. The molecule has 3 rings (SSSR count). The summed E-state index contributed by atoms with van der Waals surface area (Å²) < 4.78 is 2.07. The van der Waals surface area contributed by atoms with Gasteiger partial charge in [-0.2, -0.15) is 11.8 Å². The van der Waals surface area contributed by atoms with Gasteiger partial charge in [0, 0.05) is 23.6 Å². The van der Waals surface area contributed by atoms with Gasteiger partial charge < -0.3 is 4.57 Å². The van der Waals surface area contributed by atoms with Crippen molar-refractivity contribution in [2.24, 2.45) is 0 Å². The molecule has 1 aliphatic heterocycles. The lowest BCUT2D eigenvalue weighted by atomic mass is 10.2. The second-order valence-corrected chi connectivity index (χ2v) is 5.57. The quantitative estimate of drug-likeness (QED) is 0.810. The molecule has 6 heteroatoms. The van der Waals surface area contributed by atoms with Gasteiger partial charge in [0.2, 0.25) is 0 Å². The Hall–Kier alpha value is -1.07. The van der Waals surface area contributed by atoms with E-state index in [1.807, 2.05) is 18.1 Å². The van der Waals surface area contributed by atoms with Crippen LogP contribution in [0.5, 0.6) is 0 Å². The summed E-state index contributed by atoms with van der Waals surface area (Å²) in [6, 6.07) is 0. The number of hydrogen-bond donors (Lipinski definition) is 0. The number of halogens is 1. The number of aryl methyl sites for hydroxylation is 1. The van der Waals surface area contributed by atoms with Gasteiger partial charge in [-0.05, 0) is 6.42 Å². The third-order valence-corrected chi connectivity index (χ3v) is 4.22. The van der Waals surface area contributed by atoms with Gasteiger partial charge in [0.1, 0.15) is 10.8 Å². The molecule has 94 valence electrons. The molecule has 18 heavy (non-hydrogen) atoms. The third kappa shape index (κ3) is 2.01. The van der Waals surface area contributed by atoms with E-state index in [9.17, 15) is 0 Å². The molecule has 0 fully saturated rings. The van der Waals surface area contributed by atoms with Crippen LogP contribution in [0.4, 0.5) is 0 Å². The van der Waals surface area contributed by atoms with Gasteiger partial charge >= 0.3 is 0 Å². The van der Waals surface area contributed by atoms with Crippen LogP contribution in [0.15, 0.2) is 12.5 Å². The smallest absolute Gasteiger partial charge is 0.179 e. The zero-order valence-electron chi connectivity index (χ0n) is 10.1. The molecule has 0 amide bonds. The number of imidazole rings is 1. The van der Waals surface area contributed by atoms with E-state index < -0.39 is 0 Å². The fraction of sp³-hybridized carbons (Fsp3) is 0.417. The van der Waals surface area contributed by atoms with Crippen LogP contribution < -0.4 is 0 Å². The molecule has 1 aliphatic rings. The van der Waals surface area contributed by atoms with Gasteiger partial charge in [-0.15, -0.1) is 0 Å². The minimum absolute atomic E-state index is 0.587. The molecule has 0 unspecified atom stereocenters. The predicted octanol–water partition coefficient (Wildman–Crippen LogP) is 3.15. The minimum Gasteiger partial charge on any atom is -0.328 e. The van der Waals surface area contributed by atoms with Crippen molar-refractivity contribution in [2.75, 3.05) is 0 Å². The molecule has 0 aliphatic carbocycles. The number of hydrogen-bond acceptors (Lipinski definition) is 4. The standard InChI is InChI=1S/C12H13ClN4S/c1-2-3-17-7-14-4-10(17)12-15-9-6-18-5-8(9)11(13)16-12/h4,7H,2-3,5-6H2,1H3. The monoisotopic (exact) mass is 280 g/mol. The Balaban J connectivity index is 2.06.